The highest BCUT2D eigenvalue weighted by Gasteiger charge is 2.13. The summed E-state index contributed by atoms with van der Waals surface area (Å²) >= 11 is 3.46. The predicted octanol–water partition coefficient (Wildman–Crippen LogP) is 4.07. The second-order valence-corrected chi connectivity index (χ2v) is 5.42. The largest absolute Gasteiger partial charge is 0.496 e. The van der Waals surface area contributed by atoms with Gasteiger partial charge in [0.05, 0.1) is 13.2 Å². The van der Waals surface area contributed by atoms with Crippen LogP contribution < -0.4 is 10.1 Å². The van der Waals surface area contributed by atoms with E-state index in [4.69, 9.17) is 4.74 Å². The average molecular weight is 320 g/mol. The van der Waals surface area contributed by atoms with Gasteiger partial charge in [0, 0.05) is 4.47 Å². The van der Waals surface area contributed by atoms with Gasteiger partial charge in [-0.15, -0.1) is 0 Å². The van der Waals surface area contributed by atoms with Gasteiger partial charge >= 0.3 is 0 Å². The van der Waals surface area contributed by atoms with Gasteiger partial charge in [0.15, 0.2) is 0 Å². The van der Waals surface area contributed by atoms with Crippen LogP contribution in [0.1, 0.15) is 22.7 Å². The molecule has 0 bridgehead atoms. The third-order valence-electron chi connectivity index (χ3n) is 3.26. The fourth-order valence-electron chi connectivity index (χ4n) is 2.20. The van der Waals surface area contributed by atoms with Crippen molar-refractivity contribution in [3.63, 3.8) is 0 Å². The zero-order chi connectivity index (χ0) is 13.8. The summed E-state index contributed by atoms with van der Waals surface area (Å²) in [5.41, 5.74) is 3.58. The molecule has 2 aromatic rings. The Labute approximate surface area is 122 Å². The summed E-state index contributed by atoms with van der Waals surface area (Å²) in [6, 6.07) is 14.9. The Bertz CT molecular complexity index is 551. The van der Waals surface area contributed by atoms with E-state index in [0.717, 1.165) is 15.8 Å². The van der Waals surface area contributed by atoms with Crippen LogP contribution in [-0.4, -0.2) is 14.2 Å². The van der Waals surface area contributed by atoms with Gasteiger partial charge in [0.2, 0.25) is 0 Å². The number of hydrogen-bond acceptors (Lipinski definition) is 2. The van der Waals surface area contributed by atoms with Crippen molar-refractivity contribution in [2.75, 3.05) is 14.2 Å². The van der Waals surface area contributed by atoms with Crippen LogP contribution in [0, 0.1) is 6.92 Å². The van der Waals surface area contributed by atoms with E-state index in [1.54, 1.807) is 7.11 Å². The number of aryl methyl sites for hydroxylation is 1. The molecule has 1 N–H and O–H groups in total. The number of ether oxygens (including phenoxy) is 1. The molecule has 0 aliphatic carbocycles. The summed E-state index contributed by atoms with van der Waals surface area (Å²) in [6.07, 6.45) is 0. The van der Waals surface area contributed by atoms with Crippen molar-refractivity contribution in [1.29, 1.82) is 0 Å². The first kappa shape index (κ1) is 14.1. The Hall–Kier alpha value is -1.32. The molecular weight excluding hydrogens is 302 g/mol. The van der Waals surface area contributed by atoms with E-state index in [0.29, 0.717) is 0 Å². The van der Waals surface area contributed by atoms with Crippen LogP contribution in [0.25, 0.3) is 0 Å². The smallest absolute Gasteiger partial charge is 0.122 e. The molecule has 1 unspecified atom stereocenters. The third kappa shape index (κ3) is 3.17. The molecule has 2 rings (SSSR count). The van der Waals surface area contributed by atoms with Crippen LogP contribution in [0.15, 0.2) is 46.9 Å². The maximum Gasteiger partial charge on any atom is 0.122 e. The molecular formula is C16H18BrNO. The predicted molar refractivity (Wildman–Crippen MR) is 82.8 cm³/mol. The van der Waals surface area contributed by atoms with E-state index in [2.05, 4.69) is 70.6 Å². The van der Waals surface area contributed by atoms with E-state index >= 15 is 0 Å². The fourth-order valence-corrected chi connectivity index (χ4v) is 2.46. The van der Waals surface area contributed by atoms with Gasteiger partial charge in [-0.05, 0) is 48.9 Å². The summed E-state index contributed by atoms with van der Waals surface area (Å²) in [5, 5.41) is 3.35. The highest BCUT2D eigenvalue weighted by Crippen LogP contribution is 2.28. The van der Waals surface area contributed by atoms with Crippen molar-refractivity contribution >= 4 is 15.9 Å². The van der Waals surface area contributed by atoms with Crippen LogP contribution in [0.3, 0.4) is 0 Å². The summed E-state index contributed by atoms with van der Waals surface area (Å²) in [5.74, 6) is 0.926. The van der Waals surface area contributed by atoms with Crippen LogP contribution in [0.2, 0.25) is 0 Å². The summed E-state index contributed by atoms with van der Waals surface area (Å²) in [4.78, 5) is 0. The Morgan fingerprint density at radius 3 is 2.26 bits per heavy atom. The van der Waals surface area contributed by atoms with Gasteiger partial charge in [0.1, 0.15) is 5.75 Å². The number of halogens is 1. The molecule has 3 heteroatoms. The van der Waals surface area contributed by atoms with E-state index in [-0.39, 0.29) is 6.04 Å². The highest BCUT2D eigenvalue weighted by molar-refractivity contribution is 9.10. The van der Waals surface area contributed by atoms with Crippen LogP contribution >= 0.6 is 15.9 Å². The lowest BCUT2D eigenvalue weighted by Crippen LogP contribution is -2.17. The Kier molecular flexibility index (Phi) is 4.61. The third-order valence-corrected chi connectivity index (χ3v) is 3.79. The minimum Gasteiger partial charge on any atom is -0.496 e. The molecule has 0 aliphatic rings. The van der Waals surface area contributed by atoms with Gasteiger partial charge in [-0.25, -0.2) is 0 Å². The van der Waals surface area contributed by atoms with Gasteiger partial charge in [-0.3, -0.25) is 0 Å². The van der Waals surface area contributed by atoms with Crippen LogP contribution in [0.4, 0.5) is 0 Å². The van der Waals surface area contributed by atoms with Gasteiger partial charge < -0.3 is 10.1 Å². The molecule has 0 heterocycles. The molecule has 0 radical (unpaired) electrons. The normalized spacial score (nSPS) is 12.2. The molecule has 0 aliphatic heterocycles. The lowest BCUT2D eigenvalue weighted by molar-refractivity contribution is 0.410. The van der Waals surface area contributed by atoms with Gasteiger partial charge in [-0.1, -0.05) is 40.2 Å². The lowest BCUT2D eigenvalue weighted by Gasteiger charge is -2.18. The summed E-state index contributed by atoms with van der Waals surface area (Å²) in [6.45, 7) is 2.05. The SMILES string of the molecule is CNC(c1ccc(Br)cc1)c1ccc(C)c(OC)c1. The van der Waals surface area contributed by atoms with E-state index in [1.807, 2.05) is 7.05 Å². The van der Waals surface area contributed by atoms with Crippen molar-refractivity contribution in [3.8, 4) is 5.75 Å². The zero-order valence-corrected chi connectivity index (χ0v) is 13.0. The van der Waals surface area contributed by atoms with E-state index in [9.17, 15) is 0 Å². The lowest BCUT2D eigenvalue weighted by atomic mass is 9.97. The van der Waals surface area contributed by atoms with Crippen LogP contribution in [0.5, 0.6) is 5.75 Å². The maximum absolute atomic E-state index is 5.40. The number of benzene rings is 2. The maximum atomic E-state index is 5.40. The highest BCUT2D eigenvalue weighted by atomic mass is 79.9. The fraction of sp³-hybridized carbons (Fsp3) is 0.250. The number of rotatable bonds is 4. The van der Waals surface area contributed by atoms with Crippen molar-refractivity contribution < 1.29 is 4.74 Å². The Morgan fingerprint density at radius 2 is 1.68 bits per heavy atom. The average Bonchev–Trinajstić information content (AvgIpc) is 2.43. The number of hydrogen-bond donors (Lipinski definition) is 1. The van der Waals surface area contributed by atoms with E-state index < -0.39 is 0 Å². The quantitative estimate of drug-likeness (QED) is 0.917. The number of nitrogens with one attached hydrogen (secondary N) is 1. The molecule has 1 atom stereocenters. The Morgan fingerprint density at radius 1 is 1.05 bits per heavy atom. The minimum atomic E-state index is 0.169. The van der Waals surface area contributed by atoms with Crippen molar-refractivity contribution in [1.82, 2.24) is 5.32 Å². The summed E-state index contributed by atoms with van der Waals surface area (Å²) < 4.78 is 6.49. The minimum absolute atomic E-state index is 0.169. The first-order chi connectivity index (χ1) is 9.15. The first-order valence-corrected chi connectivity index (χ1v) is 7.02. The molecule has 100 valence electrons. The molecule has 2 nitrogen and oxygen atoms in total. The molecule has 0 spiro atoms. The van der Waals surface area contributed by atoms with Crippen molar-refractivity contribution in [2.24, 2.45) is 0 Å². The molecule has 0 fully saturated rings. The van der Waals surface area contributed by atoms with Crippen molar-refractivity contribution in [2.45, 2.75) is 13.0 Å². The first-order valence-electron chi connectivity index (χ1n) is 6.23. The molecule has 19 heavy (non-hydrogen) atoms. The molecule has 0 aromatic heterocycles. The summed E-state index contributed by atoms with van der Waals surface area (Å²) in [7, 11) is 3.68. The number of methoxy groups -OCH3 is 1. The van der Waals surface area contributed by atoms with E-state index in [1.165, 1.54) is 11.1 Å². The Balaban J connectivity index is 2.39. The zero-order valence-electron chi connectivity index (χ0n) is 11.4. The van der Waals surface area contributed by atoms with Crippen molar-refractivity contribution in [3.05, 3.63) is 63.6 Å². The van der Waals surface area contributed by atoms with Gasteiger partial charge in [-0.2, -0.15) is 0 Å². The molecule has 0 amide bonds. The van der Waals surface area contributed by atoms with Gasteiger partial charge in [0.25, 0.3) is 0 Å². The molecule has 0 saturated heterocycles. The van der Waals surface area contributed by atoms with Crippen LogP contribution in [-0.2, 0) is 0 Å². The second kappa shape index (κ2) is 6.22. The standard InChI is InChI=1S/C16H18BrNO/c1-11-4-5-13(10-15(11)19-3)16(18-2)12-6-8-14(17)9-7-12/h4-10,16,18H,1-3H3. The monoisotopic (exact) mass is 319 g/mol. The topological polar surface area (TPSA) is 21.3 Å². The molecule has 0 saturated carbocycles. The molecule has 2 aromatic carbocycles. The second-order valence-electron chi connectivity index (χ2n) is 4.50.